The van der Waals surface area contributed by atoms with Gasteiger partial charge in [0.15, 0.2) is 0 Å². The highest BCUT2D eigenvalue weighted by Crippen LogP contribution is 2.31. The quantitative estimate of drug-likeness (QED) is 0.364. The summed E-state index contributed by atoms with van der Waals surface area (Å²) in [5.41, 5.74) is 3.72. The van der Waals surface area contributed by atoms with E-state index < -0.39 is 0 Å². The first-order valence-corrected chi connectivity index (χ1v) is 5.31. The van der Waals surface area contributed by atoms with Crippen molar-refractivity contribution in [2.45, 2.75) is 4.90 Å². The number of nitrogen functional groups attached to an aromatic ring is 1. The molecule has 4 nitrogen and oxygen atoms in total. The second kappa shape index (κ2) is 3.89. The van der Waals surface area contributed by atoms with E-state index in [4.69, 9.17) is 5.84 Å². The van der Waals surface area contributed by atoms with Crippen LogP contribution in [0, 0.1) is 0 Å². The second-order valence-corrected chi connectivity index (χ2v) is 4.10. The zero-order chi connectivity index (χ0) is 9.97. The fourth-order valence-corrected chi connectivity index (χ4v) is 2.24. The monoisotopic (exact) mass is 209 g/mol. The molecular weight excluding hydrogens is 198 g/mol. The van der Waals surface area contributed by atoms with Crippen LogP contribution in [0.4, 0.5) is 5.69 Å². The summed E-state index contributed by atoms with van der Waals surface area (Å²) in [7, 11) is 0. The Morgan fingerprint density at radius 2 is 2.43 bits per heavy atom. The molecule has 0 unspecified atom stereocenters. The van der Waals surface area contributed by atoms with E-state index in [1.165, 1.54) is 4.90 Å². The number of benzene rings is 1. The van der Waals surface area contributed by atoms with E-state index in [9.17, 15) is 4.79 Å². The molecule has 1 heterocycles. The number of hydrazine groups is 1. The van der Waals surface area contributed by atoms with Crippen LogP contribution in [0.15, 0.2) is 23.1 Å². The summed E-state index contributed by atoms with van der Waals surface area (Å²) in [5.74, 6) is 5.86. The predicted octanol–water partition coefficient (Wildman–Crippen LogP) is 0.808. The fourth-order valence-electron chi connectivity index (χ4n) is 1.37. The Morgan fingerprint density at radius 1 is 1.57 bits per heavy atom. The number of hydrogen-bond acceptors (Lipinski definition) is 4. The van der Waals surface area contributed by atoms with E-state index >= 15 is 0 Å². The Balaban J connectivity index is 2.33. The number of carbonyl (C=O) groups excluding carboxylic acids is 1. The van der Waals surface area contributed by atoms with Gasteiger partial charge in [-0.3, -0.25) is 10.2 Å². The number of anilines is 1. The van der Waals surface area contributed by atoms with E-state index in [1.807, 2.05) is 12.1 Å². The molecule has 0 radical (unpaired) electrons. The van der Waals surface area contributed by atoms with Crippen molar-refractivity contribution >= 4 is 23.4 Å². The summed E-state index contributed by atoms with van der Waals surface area (Å²) in [6.45, 7) is 0.936. The van der Waals surface area contributed by atoms with E-state index in [-0.39, 0.29) is 5.91 Å². The number of carbonyl (C=O) groups is 1. The van der Waals surface area contributed by atoms with Crippen LogP contribution >= 0.6 is 11.8 Å². The number of hydrogen-bond donors (Lipinski definition) is 3. The van der Waals surface area contributed by atoms with Gasteiger partial charge in [0, 0.05) is 28.4 Å². The van der Waals surface area contributed by atoms with E-state index in [0.717, 1.165) is 18.0 Å². The molecule has 0 bridgehead atoms. The lowest BCUT2D eigenvalue weighted by molar-refractivity contribution is 0.0953. The average molecular weight is 209 g/mol. The van der Waals surface area contributed by atoms with Crippen LogP contribution in [0.3, 0.4) is 0 Å². The highest BCUT2D eigenvalue weighted by atomic mass is 32.2. The molecule has 1 aliphatic rings. The third-order valence-corrected chi connectivity index (χ3v) is 3.12. The van der Waals surface area contributed by atoms with Gasteiger partial charge in [-0.25, -0.2) is 5.84 Å². The summed E-state index contributed by atoms with van der Waals surface area (Å²) >= 11 is 1.79. The van der Waals surface area contributed by atoms with Crippen molar-refractivity contribution in [3.05, 3.63) is 23.8 Å². The van der Waals surface area contributed by atoms with Crippen molar-refractivity contribution in [1.29, 1.82) is 0 Å². The highest BCUT2D eigenvalue weighted by Gasteiger charge is 2.11. The number of amides is 1. The van der Waals surface area contributed by atoms with Crippen LogP contribution in [-0.2, 0) is 0 Å². The molecule has 1 amide bonds. The van der Waals surface area contributed by atoms with Crippen molar-refractivity contribution < 1.29 is 4.79 Å². The molecular formula is C9H11N3OS. The van der Waals surface area contributed by atoms with Gasteiger partial charge in [-0.05, 0) is 18.2 Å². The zero-order valence-electron chi connectivity index (χ0n) is 7.54. The second-order valence-electron chi connectivity index (χ2n) is 2.96. The van der Waals surface area contributed by atoms with Gasteiger partial charge in [-0.2, -0.15) is 0 Å². The number of nitrogens with one attached hydrogen (secondary N) is 2. The lowest BCUT2D eigenvalue weighted by Crippen LogP contribution is -2.30. The third kappa shape index (κ3) is 1.69. The Kier molecular flexibility index (Phi) is 2.60. The molecule has 14 heavy (non-hydrogen) atoms. The average Bonchev–Trinajstić information content (AvgIpc) is 2.27. The van der Waals surface area contributed by atoms with Gasteiger partial charge in [0.1, 0.15) is 0 Å². The maximum atomic E-state index is 11.2. The van der Waals surface area contributed by atoms with Crippen LogP contribution in [0.2, 0.25) is 0 Å². The van der Waals surface area contributed by atoms with E-state index in [0.29, 0.717) is 5.56 Å². The molecule has 0 atom stereocenters. The van der Waals surface area contributed by atoms with Crippen molar-refractivity contribution in [2.24, 2.45) is 5.84 Å². The Morgan fingerprint density at radius 3 is 3.21 bits per heavy atom. The molecule has 1 aliphatic heterocycles. The minimum absolute atomic E-state index is 0.259. The summed E-state index contributed by atoms with van der Waals surface area (Å²) in [4.78, 5) is 12.4. The van der Waals surface area contributed by atoms with Gasteiger partial charge in [-0.1, -0.05) is 0 Å². The van der Waals surface area contributed by atoms with Crippen LogP contribution in [0.1, 0.15) is 10.4 Å². The molecule has 0 aromatic heterocycles. The highest BCUT2D eigenvalue weighted by molar-refractivity contribution is 7.99. The Hall–Kier alpha value is -1.20. The molecule has 0 fully saturated rings. The topological polar surface area (TPSA) is 67.1 Å². The Bertz CT molecular complexity index is 367. The smallest absolute Gasteiger partial charge is 0.265 e. The van der Waals surface area contributed by atoms with Crippen molar-refractivity contribution in [3.63, 3.8) is 0 Å². The number of nitrogens with two attached hydrogens (primary N) is 1. The third-order valence-electron chi connectivity index (χ3n) is 2.05. The molecule has 1 aromatic rings. The largest absolute Gasteiger partial charge is 0.383 e. The van der Waals surface area contributed by atoms with Crippen molar-refractivity contribution in [2.75, 3.05) is 17.6 Å². The van der Waals surface area contributed by atoms with Gasteiger partial charge in [-0.15, -0.1) is 11.8 Å². The van der Waals surface area contributed by atoms with Gasteiger partial charge >= 0.3 is 0 Å². The van der Waals surface area contributed by atoms with Crippen LogP contribution < -0.4 is 16.6 Å². The lowest BCUT2D eigenvalue weighted by atomic mass is 10.2. The lowest BCUT2D eigenvalue weighted by Gasteiger charge is -2.17. The van der Waals surface area contributed by atoms with Gasteiger partial charge in [0.2, 0.25) is 0 Å². The summed E-state index contributed by atoms with van der Waals surface area (Å²) in [5, 5.41) is 3.24. The minimum Gasteiger partial charge on any atom is -0.383 e. The molecule has 74 valence electrons. The van der Waals surface area contributed by atoms with Gasteiger partial charge in [0.05, 0.1) is 0 Å². The van der Waals surface area contributed by atoms with Gasteiger partial charge < -0.3 is 5.32 Å². The van der Waals surface area contributed by atoms with Gasteiger partial charge in [0.25, 0.3) is 5.91 Å². The molecule has 0 saturated heterocycles. The van der Waals surface area contributed by atoms with Crippen molar-refractivity contribution in [3.8, 4) is 0 Å². The Labute approximate surface area is 86.2 Å². The summed E-state index contributed by atoms with van der Waals surface area (Å²) in [6, 6.07) is 5.54. The number of fused-ring (bicyclic) bond motifs is 1. The maximum absolute atomic E-state index is 11.2. The molecule has 0 aliphatic carbocycles. The van der Waals surface area contributed by atoms with Crippen LogP contribution in [0.25, 0.3) is 0 Å². The summed E-state index contributed by atoms with van der Waals surface area (Å²) in [6.07, 6.45) is 0. The first kappa shape index (κ1) is 9.36. The first-order valence-electron chi connectivity index (χ1n) is 4.33. The molecule has 5 heteroatoms. The standard InChI is InChI=1S/C9H11N3OS/c10-12-9(13)6-1-2-8-7(5-6)11-3-4-14-8/h1-2,5,11H,3-4,10H2,(H,12,13). The maximum Gasteiger partial charge on any atom is 0.265 e. The number of rotatable bonds is 1. The van der Waals surface area contributed by atoms with E-state index in [1.54, 1.807) is 17.8 Å². The molecule has 1 aromatic carbocycles. The van der Waals surface area contributed by atoms with Crippen LogP contribution in [-0.4, -0.2) is 18.2 Å². The fraction of sp³-hybridized carbons (Fsp3) is 0.222. The number of thioether (sulfide) groups is 1. The zero-order valence-corrected chi connectivity index (χ0v) is 8.36. The van der Waals surface area contributed by atoms with Crippen molar-refractivity contribution in [1.82, 2.24) is 5.43 Å². The molecule has 0 spiro atoms. The first-order chi connectivity index (χ1) is 6.81. The molecule has 2 rings (SSSR count). The predicted molar refractivity (Wildman–Crippen MR) is 57.3 cm³/mol. The summed E-state index contributed by atoms with van der Waals surface area (Å²) < 4.78 is 0. The van der Waals surface area contributed by atoms with E-state index in [2.05, 4.69) is 10.7 Å². The molecule has 0 saturated carbocycles. The van der Waals surface area contributed by atoms with Crippen LogP contribution in [0.5, 0.6) is 0 Å². The normalized spacial score (nSPS) is 14.1. The minimum atomic E-state index is -0.259. The molecule has 4 N–H and O–H groups in total. The SMILES string of the molecule is NNC(=O)c1ccc2c(c1)NCCS2.